The van der Waals surface area contributed by atoms with E-state index in [0.717, 1.165) is 31.7 Å². The number of aryl methyl sites for hydroxylation is 1. The molecule has 1 N–H and O–H groups in total. The molecule has 0 unspecified atom stereocenters. The standard InChI is InChI=1S/C13H18ClFN2.ClH/c1-9-3-4-11(15)12(13(9)14)10(2)17-7-5-16-6-8-17;/h3-4,10,16H,5-8H2,1-2H3;1H/t10-;/m0./s1. The minimum absolute atomic E-state index is 0. The van der Waals surface area contributed by atoms with Gasteiger partial charge >= 0.3 is 0 Å². The topological polar surface area (TPSA) is 15.3 Å². The SMILES string of the molecule is Cc1ccc(F)c([C@H](C)N2CCNCC2)c1Cl.Cl. The number of nitrogens with zero attached hydrogens (tertiary/aromatic N) is 1. The molecule has 0 radical (unpaired) electrons. The summed E-state index contributed by atoms with van der Waals surface area (Å²) in [7, 11) is 0. The average Bonchev–Trinajstić information content (AvgIpc) is 2.35. The van der Waals surface area contributed by atoms with Gasteiger partial charge in [-0.15, -0.1) is 12.4 Å². The molecule has 0 aliphatic carbocycles. The summed E-state index contributed by atoms with van der Waals surface area (Å²) in [6.07, 6.45) is 0. The molecule has 1 saturated heterocycles. The van der Waals surface area contributed by atoms with Gasteiger partial charge in [-0.25, -0.2) is 4.39 Å². The highest BCUT2D eigenvalue weighted by Crippen LogP contribution is 2.32. The van der Waals surface area contributed by atoms with Crippen LogP contribution in [0.3, 0.4) is 0 Å². The lowest BCUT2D eigenvalue weighted by atomic mass is 10.0. The summed E-state index contributed by atoms with van der Waals surface area (Å²) < 4.78 is 13.9. The van der Waals surface area contributed by atoms with Crippen molar-refractivity contribution in [2.24, 2.45) is 0 Å². The molecule has 102 valence electrons. The van der Waals surface area contributed by atoms with Crippen molar-refractivity contribution >= 4 is 24.0 Å². The molecule has 1 atom stereocenters. The van der Waals surface area contributed by atoms with Crippen molar-refractivity contribution in [3.63, 3.8) is 0 Å². The van der Waals surface area contributed by atoms with Crippen LogP contribution in [0.1, 0.15) is 24.1 Å². The first kappa shape index (κ1) is 15.7. The van der Waals surface area contributed by atoms with Crippen LogP contribution >= 0.6 is 24.0 Å². The Morgan fingerprint density at radius 3 is 2.56 bits per heavy atom. The van der Waals surface area contributed by atoms with Crippen LogP contribution < -0.4 is 5.32 Å². The van der Waals surface area contributed by atoms with E-state index in [0.29, 0.717) is 10.6 Å². The minimum atomic E-state index is -0.202. The lowest BCUT2D eigenvalue weighted by Crippen LogP contribution is -2.44. The van der Waals surface area contributed by atoms with Crippen molar-refractivity contribution in [2.75, 3.05) is 26.2 Å². The number of benzene rings is 1. The molecule has 0 amide bonds. The van der Waals surface area contributed by atoms with Gasteiger partial charge in [0.25, 0.3) is 0 Å². The van der Waals surface area contributed by atoms with Crippen LogP contribution in [0.4, 0.5) is 4.39 Å². The van der Waals surface area contributed by atoms with E-state index in [4.69, 9.17) is 11.6 Å². The Morgan fingerprint density at radius 2 is 1.94 bits per heavy atom. The molecule has 0 saturated carbocycles. The normalized spacial score (nSPS) is 18.2. The van der Waals surface area contributed by atoms with Crippen molar-refractivity contribution in [2.45, 2.75) is 19.9 Å². The summed E-state index contributed by atoms with van der Waals surface area (Å²) in [5.41, 5.74) is 1.57. The Morgan fingerprint density at radius 1 is 1.33 bits per heavy atom. The van der Waals surface area contributed by atoms with Crippen LogP contribution in [0.15, 0.2) is 12.1 Å². The molecule has 2 nitrogen and oxygen atoms in total. The molecule has 5 heteroatoms. The highest BCUT2D eigenvalue weighted by Gasteiger charge is 2.23. The number of nitrogens with one attached hydrogen (secondary N) is 1. The van der Waals surface area contributed by atoms with Crippen molar-refractivity contribution in [1.29, 1.82) is 0 Å². The second-order valence-corrected chi connectivity index (χ2v) is 4.93. The van der Waals surface area contributed by atoms with Gasteiger partial charge < -0.3 is 5.32 Å². The monoisotopic (exact) mass is 292 g/mol. The molecule has 1 heterocycles. The smallest absolute Gasteiger partial charge is 0.129 e. The Labute approximate surface area is 119 Å². The van der Waals surface area contributed by atoms with Crippen LogP contribution in [0, 0.1) is 12.7 Å². The zero-order valence-electron chi connectivity index (χ0n) is 10.7. The molecule has 0 spiro atoms. The maximum absolute atomic E-state index is 13.9. The minimum Gasteiger partial charge on any atom is -0.314 e. The summed E-state index contributed by atoms with van der Waals surface area (Å²) in [5.74, 6) is -0.202. The van der Waals surface area contributed by atoms with E-state index in [-0.39, 0.29) is 24.3 Å². The summed E-state index contributed by atoms with van der Waals surface area (Å²) in [5, 5.41) is 3.86. The third kappa shape index (κ3) is 3.15. The number of rotatable bonds is 2. The predicted octanol–water partition coefficient (Wildman–Crippen LogP) is 3.18. The van der Waals surface area contributed by atoms with Gasteiger partial charge in [0.15, 0.2) is 0 Å². The summed E-state index contributed by atoms with van der Waals surface area (Å²) in [6.45, 7) is 7.71. The quantitative estimate of drug-likeness (QED) is 0.901. The van der Waals surface area contributed by atoms with Gasteiger partial charge in [0.2, 0.25) is 0 Å². The lowest BCUT2D eigenvalue weighted by molar-refractivity contribution is 0.182. The number of halogens is 3. The molecule has 1 aromatic rings. The van der Waals surface area contributed by atoms with Gasteiger partial charge in [0, 0.05) is 37.8 Å². The van der Waals surface area contributed by atoms with Crippen LogP contribution in [-0.2, 0) is 0 Å². The fourth-order valence-corrected chi connectivity index (χ4v) is 2.62. The van der Waals surface area contributed by atoms with Crippen molar-refractivity contribution in [3.05, 3.63) is 34.1 Å². The molecule has 0 aromatic heterocycles. The summed E-state index contributed by atoms with van der Waals surface area (Å²) >= 11 is 6.23. The Bertz CT molecular complexity index is 406. The van der Waals surface area contributed by atoms with Crippen LogP contribution in [0.5, 0.6) is 0 Å². The summed E-state index contributed by atoms with van der Waals surface area (Å²) in [6, 6.07) is 3.27. The lowest BCUT2D eigenvalue weighted by Gasteiger charge is -2.33. The van der Waals surface area contributed by atoms with Crippen molar-refractivity contribution in [1.82, 2.24) is 10.2 Å². The number of hydrogen-bond donors (Lipinski definition) is 1. The van der Waals surface area contributed by atoms with E-state index in [2.05, 4.69) is 10.2 Å². The average molecular weight is 293 g/mol. The number of hydrogen-bond acceptors (Lipinski definition) is 2. The van der Waals surface area contributed by atoms with Crippen molar-refractivity contribution in [3.8, 4) is 0 Å². The van der Waals surface area contributed by atoms with E-state index >= 15 is 0 Å². The molecular formula is C13H19Cl2FN2. The van der Waals surface area contributed by atoms with E-state index in [1.807, 2.05) is 13.8 Å². The Balaban J connectivity index is 0.00000162. The highest BCUT2D eigenvalue weighted by atomic mass is 35.5. The first-order chi connectivity index (χ1) is 8.11. The Kier molecular flexibility index (Phi) is 5.86. The first-order valence-corrected chi connectivity index (χ1v) is 6.38. The molecule has 0 bridgehead atoms. The van der Waals surface area contributed by atoms with E-state index in [1.54, 1.807) is 6.07 Å². The molecule has 18 heavy (non-hydrogen) atoms. The van der Waals surface area contributed by atoms with Gasteiger partial charge in [0.1, 0.15) is 5.82 Å². The molecule has 2 rings (SSSR count). The molecule has 1 aliphatic rings. The zero-order valence-corrected chi connectivity index (χ0v) is 12.2. The first-order valence-electron chi connectivity index (χ1n) is 6.00. The fourth-order valence-electron chi connectivity index (χ4n) is 2.31. The molecule has 1 aliphatic heterocycles. The van der Waals surface area contributed by atoms with Gasteiger partial charge in [0.05, 0.1) is 5.02 Å². The van der Waals surface area contributed by atoms with E-state index in [1.165, 1.54) is 6.07 Å². The van der Waals surface area contributed by atoms with Gasteiger partial charge in [-0.1, -0.05) is 17.7 Å². The zero-order chi connectivity index (χ0) is 12.4. The van der Waals surface area contributed by atoms with Gasteiger partial charge in [-0.05, 0) is 25.5 Å². The van der Waals surface area contributed by atoms with E-state index in [9.17, 15) is 4.39 Å². The van der Waals surface area contributed by atoms with Crippen molar-refractivity contribution < 1.29 is 4.39 Å². The summed E-state index contributed by atoms with van der Waals surface area (Å²) in [4.78, 5) is 2.26. The van der Waals surface area contributed by atoms with Gasteiger partial charge in [-0.2, -0.15) is 0 Å². The number of piperazine rings is 1. The van der Waals surface area contributed by atoms with Gasteiger partial charge in [-0.3, -0.25) is 4.90 Å². The second-order valence-electron chi connectivity index (χ2n) is 4.55. The molecule has 1 aromatic carbocycles. The third-order valence-electron chi connectivity index (χ3n) is 3.44. The highest BCUT2D eigenvalue weighted by molar-refractivity contribution is 6.32. The predicted molar refractivity (Wildman–Crippen MR) is 76.3 cm³/mol. The maximum Gasteiger partial charge on any atom is 0.129 e. The van der Waals surface area contributed by atoms with Crippen LogP contribution in [0.25, 0.3) is 0 Å². The maximum atomic E-state index is 13.9. The molecule has 1 fully saturated rings. The van der Waals surface area contributed by atoms with Crippen LogP contribution in [0.2, 0.25) is 5.02 Å². The fraction of sp³-hybridized carbons (Fsp3) is 0.538. The van der Waals surface area contributed by atoms with Crippen LogP contribution in [-0.4, -0.2) is 31.1 Å². The van der Waals surface area contributed by atoms with E-state index < -0.39 is 0 Å². The molecular weight excluding hydrogens is 274 g/mol. The second kappa shape index (κ2) is 6.71. The Hall–Kier alpha value is -0.350. The largest absolute Gasteiger partial charge is 0.314 e. The third-order valence-corrected chi connectivity index (χ3v) is 3.94.